The molecule has 0 saturated carbocycles. The van der Waals surface area contributed by atoms with E-state index < -0.39 is 0 Å². The molecule has 100 valence electrons. The number of anilines is 1. The zero-order valence-corrected chi connectivity index (χ0v) is 11.3. The average molecular weight is 250 g/mol. The van der Waals surface area contributed by atoms with Gasteiger partial charge in [0.15, 0.2) is 6.23 Å². The quantitative estimate of drug-likeness (QED) is 0.789. The number of hydrogen-bond donors (Lipinski definition) is 2. The van der Waals surface area contributed by atoms with E-state index in [0.29, 0.717) is 6.04 Å². The second-order valence-corrected chi connectivity index (χ2v) is 4.56. The number of likely N-dealkylation sites (N-methyl/N-ethyl adjacent to an activating group) is 1. The van der Waals surface area contributed by atoms with Crippen LogP contribution in [0, 0.1) is 0 Å². The maximum Gasteiger partial charge on any atom is 0.185 e. The molecule has 1 aliphatic rings. The van der Waals surface area contributed by atoms with Gasteiger partial charge in [-0.25, -0.2) is 0 Å². The Hall–Kier alpha value is -1.42. The van der Waals surface area contributed by atoms with Crippen molar-refractivity contribution in [3.63, 3.8) is 0 Å². The molecule has 0 radical (unpaired) electrons. The third-order valence-electron chi connectivity index (χ3n) is 3.57. The van der Waals surface area contributed by atoms with Crippen molar-refractivity contribution < 1.29 is 9.84 Å². The lowest BCUT2D eigenvalue weighted by Crippen LogP contribution is -2.47. The number of phenolic OH excluding ortho intramolecular Hbond substituents is 1. The molecule has 1 heterocycles. The topological polar surface area (TPSA) is 44.7 Å². The number of fused-ring (bicyclic) bond motifs is 1. The molecular weight excluding hydrogens is 228 g/mol. The molecule has 2 unspecified atom stereocenters. The molecule has 0 aliphatic carbocycles. The third-order valence-corrected chi connectivity index (χ3v) is 3.57. The molecular formula is C14H22N2O2. The van der Waals surface area contributed by atoms with Crippen molar-refractivity contribution in [1.82, 2.24) is 4.90 Å². The fraction of sp³-hybridized carbons (Fsp3) is 0.571. The second-order valence-electron chi connectivity index (χ2n) is 4.56. The van der Waals surface area contributed by atoms with E-state index in [1.807, 2.05) is 6.07 Å². The van der Waals surface area contributed by atoms with Crippen LogP contribution in [-0.2, 0) is 0 Å². The number of aromatic hydroxyl groups is 1. The Morgan fingerprint density at radius 1 is 1.33 bits per heavy atom. The van der Waals surface area contributed by atoms with Crippen molar-refractivity contribution in [3.8, 4) is 11.5 Å². The summed E-state index contributed by atoms with van der Waals surface area (Å²) < 4.78 is 5.91. The van der Waals surface area contributed by atoms with Gasteiger partial charge in [-0.2, -0.15) is 0 Å². The molecule has 0 saturated heterocycles. The molecule has 18 heavy (non-hydrogen) atoms. The van der Waals surface area contributed by atoms with Crippen LogP contribution < -0.4 is 10.1 Å². The minimum atomic E-state index is -0.0355. The number of ether oxygens (including phenoxy) is 1. The van der Waals surface area contributed by atoms with Crippen LogP contribution in [0.5, 0.6) is 11.5 Å². The number of rotatable bonds is 5. The van der Waals surface area contributed by atoms with Gasteiger partial charge in [0.25, 0.3) is 0 Å². The Bertz CT molecular complexity index is 405. The highest BCUT2D eigenvalue weighted by atomic mass is 16.5. The molecule has 1 aliphatic heterocycles. The first-order valence-corrected chi connectivity index (χ1v) is 6.69. The molecule has 4 nitrogen and oxygen atoms in total. The molecule has 2 N–H and O–H groups in total. The fourth-order valence-corrected chi connectivity index (χ4v) is 2.58. The highest BCUT2D eigenvalue weighted by molar-refractivity contribution is 5.62. The minimum absolute atomic E-state index is 0.0355. The Morgan fingerprint density at radius 3 is 2.67 bits per heavy atom. The number of hydrogen-bond acceptors (Lipinski definition) is 4. The van der Waals surface area contributed by atoms with E-state index in [-0.39, 0.29) is 12.0 Å². The Labute approximate surface area is 109 Å². The van der Waals surface area contributed by atoms with Gasteiger partial charge in [-0.15, -0.1) is 0 Å². The summed E-state index contributed by atoms with van der Waals surface area (Å²) in [6.45, 7) is 8.53. The summed E-state index contributed by atoms with van der Waals surface area (Å²) >= 11 is 0. The van der Waals surface area contributed by atoms with Crippen LogP contribution in [0.2, 0.25) is 0 Å². The van der Waals surface area contributed by atoms with Crippen LogP contribution in [0.4, 0.5) is 5.69 Å². The Kier molecular flexibility index (Phi) is 3.97. The Morgan fingerprint density at radius 2 is 2.06 bits per heavy atom. The molecule has 2 atom stereocenters. The zero-order valence-electron chi connectivity index (χ0n) is 11.3. The van der Waals surface area contributed by atoms with Crippen LogP contribution >= 0.6 is 0 Å². The minimum Gasteiger partial charge on any atom is -0.508 e. The van der Waals surface area contributed by atoms with Crippen molar-refractivity contribution in [2.75, 3.05) is 18.4 Å². The molecule has 0 bridgehead atoms. The first kappa shape index (κ1) is 13.0. The van der Waals surface area contributed by atoms with Gasteiger partial charge in [0.2, 0.25) is 0 Å². The van der Waals surface area contributed by atoms with Gasteiger partial charge in [0.05, 0.1) is 11.7 Å². The van der Waals surface area contributed by atoms with Gasteiger partial charge in [-0.3, -0.25) is 4.90 Å². The summed E-state index contributed by atoms with van der Waals surface area (Å²) in [6.07, 6.45) is 0.992. The molecule has 0 aromatic heterocycles. The fourth-order valence-electron chi connectivity index (χ4n) is 2.58. The third kappa shape index (κ3) is 2.38. The summed E-state index contributed by atoms with van der Waals surface area (Å²) in [5, 5.41) is 12.8. The van der Waals surface area contributed by atoms with E-state index in [9.17, 15) is 5.11 Å². The molecule has 4 heteroatoms. The lowest BCUT2D eigenvalue weighted by atomic mass is 10.1. The Balaban J connectivity index is 2.13. The van der Waals surface area contributed by atoms with Gasteiger partial charge in [0, 0.05) is 6.07 Å². The van der Waals surface area contributed by atoms with E-state index in [1.54, 1.807) is 12.1 Å². The van der Waals surface area contributed by atoms with Crippen molar-refractivity contribution in [2.45, 2.75) is 39.5 Å². The lowest BCUT2D eigenvalue weighted by Gasteiger charge is -2.32. The zero-order chi connectivity index (χ0) is 13.1. The van der Waals surface area contributed by atoms with Gasteiger partial charge >= 0.3 is 0 Å². The van der Waals surface area contributed by atoms with Gasteiger partial charge in [-0.05, 0) is 31.6 Å². The number of benzene rings is 1. The lowest BCUT2D eigenvalue weighted by molar-refractivity contribution is 0.0970. The predicted molar refractivity (Wildman–Crippen MR) is 73.1 cm³/mol. The molecule has 0 spiro atoms. The first-order valence-electron chi connectivity index (χ1n) is 6.69. The van der Waals surface area contributed by atoms with E-state index in [0.717, 1.165) is 30.9 Å². The normalized spacial score (nSPS) is 19.2. The van der Waals surface area contributed by atoms with Crippen LogP contribution in [-0.4, -0.2) is 35.4 Å². The number of nitrogens with zero attached hydrogens (tertiary/aromatic N) is 1. The van der Waals surface area contributed by atoms with E-state index >= 15 is 0 Å². The number of phenols is 1. The SMILES string of the molecule is CCC(C1Nc2ccc(O)cc2O1)N(CC)CC. The maximum absolute atomic E-state index is 9.46. The molecule has 1 aromatic carbocycles. The van der Waals surface area contributed by atoms with Crippen molar-refractivity contribution in [1.29, 1.82) is 0 Å². The second kappa shape index (κ2) is 5.48. The van der Waals surface area contributed by atoms with E-state index in [1.165, 1.54) is 0 Å². The van der Waals surface area contributed by atoms with Crippen molar-refractivity contribution >= 4 is 5.69 Å². The van der Waals surface area contributed by atoms with Gasteiger partial charge < -0.3 is 15.2 Å². The summed E-state index contributed by atoms with van der Waals surface area (Å²) in [5.74, 6) is 0.984. The van der Waals surface area contributed by atoms with E-state index in [2.05, 4.69) is 31.0 Å². The summed E-state index contributed by atoms with van der Waals surface area (Å²) in [7, 11) is 0. The van der Waals surface area contributed by atoms with E-state index in [4.69, 9.17) is 4.74 Å². The maximum atomic E-state index is 9.46. The van der Waals surface area contributed by atoms with Crippen LogP contribution in [0.15, 0.2) is 18.2 Å². The van der Waals surface area contributed by atoms with Gasteiger partial charge in [-0.1, -0.05) is 20.8 Å². The highest BCUT2D eigenvalue weighted by Crippen LogP contribution is 2.36. The standard InChI is InChI=1S/C14H22N2O2/c1-4-12(16(5-2)6-3)14-15-11-8-7-10(17)9-13(11)18-14/h7-9,12,14-15,17H,4-6H2,1-3H3. The largest absolute Gasteiger partial charge is 0.508 e. The highest BCUT2D eigenvalue weighted by Gasteiger charge is 2.31. The van der Waals surface area contributed by atoms with Crippen LogP contribution in [0.1, 0.15) is 27.2 Å². The molecule has 2 rings (SSSR count). The van der Waals surface area contributed by atoms with Gasteiger partial charge in [0.1, 0.15) is 11.5 Å². The monoisotopic (exact) mass is 250 g/mol. The first-order chi connectivity index (χ1) is 8.69. The summed E-state index contributed by atoms with van der Waals surface area (Å²) in [6, 6.07) is 5.54. The average Bonchev–Trinajstić information content (AvgIpc) is 2.78. The molecule has 0 fully saturated rings. The van der Waals surface area contributed by atoms with Crippen molar-refractivity contribution in [3.05, 3.63) is 18.2 Å². The molecule has 0 amide bonds. The summed E-state index contributed by atoms with van der Waals surface area (Å²) in [4.78, 5) is 2.39. The molecule has 1 aromatic rings. The van der Waals surface area contributed by atoms with Crippen molar-refractivity contribution in [2.24, 2.45) is 0 Å². The summed E-state index contributed by atoms with van der Waals surface area (Å²) in [5.41, 5.74) is 0.961. The number of nitrogens with one attached hydrogen (secondary N) is 1. The predicted octanol–water partition coefficient (Wildman–Crippen LogP) is 2.64. The van der Waals surface area contributed by atoms with Crippen LogP contribution in [0.25, 0.3) is 0 Å². The van der Waals surface area contributed by atoms with Crippen LogP contribution in [0.3, 0.4) is 0 Å². The smallest absolute Gasteiger partial charge is 0.185 e.